The van der Waals surface area contributed by atoms with Crippen LogP contribution in [-0.2, 0) is 11.0 Å². The number of nitro groups is 1. The van der Waals surface area contributed by atoms with Crippen LogP contribution in [0, 0.1) is 10.1 Å². The van der Waals surface area contributed by atoms with Crippen LogP contribution in [-0.4, -0.2) is 131 Å². The summed E-state index contributed by atoms with van der Waals surface area (Å²) < 4.78 is 16.7. The Morgan fingerprint density at radius 3 is 1.63 bits per heavy atom. The molecule has 2 aliphatic heterocycles. The molecule has 0 spiro atoms. The Labute approximate surface area is 520 Å². The van der Waals surface area contributed by atoms with Crippen molar-refractivity contribution in [2.24, 2.45) is 0 Å². The second-order valence-electron chi connectivity index (χ2n) is 17.1. The van der Waals surface area contributed by atoms with Crippen LogP contribution in [0.15, 0.2) is 62.2 Å². The van der Waals surface area contributed by atoms with Crippen LogP contribution in [0.5, 0.6) is 11.8 Å². The fraction of sp³-hybridized carbons (Fsp3) is 0.333. The van der Waals surface area contributed by atoms with Crippen LogP contribution >= 0.6 is 128 Å². The SMILES string of the molecule is CC(C)(C)[Si](C)(C)OCCNc1c(Cl)ncnc1Cl.Clc1cccc(CN2CCOc3ncnc(Cl)c32)c1.Clc1ncnc2c1NCCO2.Nc1c(Cl)ncnc1Cl.O=[N+]([O-])c1c(Cl)ncnc1Cl.OCCNc1c(Cl)ncnc1Cl. The van der Waals surface area contributed by atoms with Crippen LogP contribution < -0.4 is 36.1 Å². The number of fused-ring (bicyclic) bond motifs is 2. The largest absolute Gasteiger partial charge is 0.474 e. The first-order valence-corrected chi connectivity index (χ1v) is 30.2. The van der Waals surface area contributed by atoms with E-state index in [-0.39, 0.29) is 48.3 Å². The molecule has 6 aromatic heterocycles. The second-order valence-corrected chi connectivity index (χ2v) is 25.9. The molecule has 9 rings (SSSR count). The standard InChI is InChI=1S/C13H11Cl2N3O.C12H21Cl2N3OSi.C6H7Cl2N3O.C6H6ClN3O.C4HCl2N3O2.C4H3Cl2N3/c14-10-3-1-2-9(6-10)7-18-4-5-19-13-11(18)12(15)16-8-17-13;1-12(2,3)19(4,5)18-7-6-15-9-10(13)16-8-17-11(9)14;7-5-4(9-1-2-12)6(8)11-3-10-5;7-5-4-6(10-3-9-5)11-2-1-8-4;5-3-2(9(10)11)4(6)8-1-7-3;5-3-2(7)4(6)9-1-8-3/h1-3,6,8H,4-5,7H2;8,15H,6-7H2,1-5H3;3,9,12H,1-2H2;3,8H,1-2H2;1H;1H,7H2. The number of nitrogen functional groups attached to an aromatic ring is 1. The van der Waals surface area contributed by atoms with E-state index < -0.39 is 18.9 Å². The molecule has 2 aliphatic rings. The number of benzene rings is 1. The molecule has 0 unspecified atom stereocenters. The van der Waals surface area contributed by atoms with Crippen molar-refractivity contribution in [2.75, 3.05) is 79.2 Å². The minimum absolute atomic E-state index is 0.00154. The van der Waals surface area contributed by atoms with E-state index in [0.29, 0.717) is 88.9 Å². The van der Waals surface area contributed by atoms with Crippen molar-refractivity contribution in [3.05, 3.63) is 134 Å². The average molecular weight is 1360 g/mol. The molecular formula is C45H49Cl11N18O6Si. The summed E-state index contributed by atoms with van der Waals surface area (Å²) in [5.74, 6) is 1.07. The maximum atomic E-state index is 10.2. The van der Waals surface area contributed by atoms with Gasteiger partial charge in [0.15, 0.2) is 49.5 Å². The van der Waals surface area contributed by atoms with Crippen molar-refractivity contribution in [1.29, 1.82) is 0 Å². The molecule has 436 valence electrons. The fourth-order valence-electron chi connectivity index (χ4n) is 5.73. The first kappa shape index (κ1) is 68.5. The molecule has 0 fully saturated rings. The summed E-state index contributed by atoms with van der Waals surface area (Å²) >= 11 is 62.7. The Kier molecular flexibility index (Phi) is 28.7. The first-order chi connectivity index (χ1) is 38.4. The Balaban J connectivity index is 0.000000214. The van der Waals surface area contributed by atoms with Gasteiger partial charge in [0.2, 0.25) is 22.1 Å². The van der Waals surface area contributed by atoms with E-state index in [9.17, 15) is 10.1 Å². The topological polar surface area (TPSA) is 311 Å². The Morgan fingerprint density at radius 1 is 0.679 bits per heavy atom. The normalized spacial score (nSPS) is 12.0. The molecule has 0 atom stereocenters. The lowest BCUT2D eigenvalue weighted by atomic mass is 10.2. The zero-order chi connectivity index (χ0) is 59.9. The average Bonchev–Trinajstić information content (AvgIpc) is 3.40. The number of rotatable bonds is 11. The third-order valence-electron chi connectivity index (χ3n) is 10.6. The molecule has 0 saturated heterocycles. The highest BCUT2D eigenvalue weighted by molar-refractivity contribution is 6.74. The van der Waals surface area contributed by atoms with Crippen LogP contribution in [0.2, 0.25) is 74.7 Å². The predicted octanol–water partition coefficient (Wildman–Crippen LogP) is 12.6. The molecule has 0 saturated carbocycles. The van der Waals surface area contributed by atoms with Gasteiger partial charge in [-0.2, -0.15) is 9.97 Å². The molecule has 8 heterocycles. The maximum Gasteiger partial charge on any atom is 0.343 e. The highest BCUT2D eigenvalue weighted by atomic mass is 35.5. The van der Waals surface area contributed by atoms with Gasteiger partial charge < -0.3 is 45.6 Å². The molecule has 0 bridgehead atoms. The van der Waals surface area contributed by atoms with Crippen molar-refractivity contribution >= 4 is 170 Å². The number of anilines is 5. The molecule has 81 heavy (non-hydrogen) atoms. The number of aliphatic hydroxyl groups excluding tert-OH is 1. The molecule has 7 aromatic rings. The number of hydrogen-bond acceptors (Lipinski definition) is 23. The smallest absolute Gasteiger partial charge is 0.343 e. The number of halogens is 11. The van der Waals surface area contributed by atoms with Gasteiger partial charge in [-0.25, -0.2) is 49.8 Å². The van der Waals surface area contributed by atoms with Crippen molar-refractivity contribution in [3.8, 4) is 11.8 Å². The number of aromatic nitrogens is 12. The van der Waals surface area contributed by atoms with Crippen molar-refractivity contribution in [2.45, 2.75) is 45.4 Å². The third-order valence-corrected chi connectivity index (χ3v) is 18.3. The first-order valence-electron chi connectivity index (χ1n) is 23.1. The summed E-state index contributed by atoms with van der Waals surface area (Å²) in [6.45, 7) is 16.1. The molecular weight excluding hydrogens is 1310 g/mol. The van der Waals surface area contributed by atoms with Gasteiger partial charge >= 0.3 is 5.69 Å². The number of hydrogen-bond donors (Lipinski definition) is 5. The van der Waals surface area contributed by atoms with Crippen LogP contribution in [0.1, 0.15) is 26.3 Å². The molecule has 1 aromatic carbocycles. The number of nitrogens with zero attached hydrogens (tertiary/aromatic N) is 14. The van der Waals surface area contributed by atoms with E-state index in [1.165, 1.54) is 31.6 Å². The second kappa shape index (κ2) is 34.0. The zero-order valence-electron chi connectivity index (χ0n) is 43.1. The summed E-state index contributed by atoms with van der Waals surface area (Å²) in [6, 6.07) is 7.75. The van der Waals surface area contributed by atoms with E-state index in [2.05, 4.69) is 115 Å². The van der Waals surface area contributed by atoms with Crippen molar-refractivity contribution in [1.82, 2.24) is 59.8 Å². The monoisotopic (exact) mass is 1350 g/mol. The highest BCUT2D eigenvalue weighted by Crippen LogP contribution is 2.38. The number of nitrogens with one attached hydrogen (secondary N) is 3. The van der Waals surface area contributed by atoms with E-state index in [1.807, 2.05) is 24.3 Å². The quantitative estimate of drug-likeness (QED) is 0.0264. The van der Waals surface area contributed by atoms with Gasteiger partial charge in [-0.15, -0.1) is 0 Å². The van der Waals surface area contributed by atoms with Gasteiger partial charge in [-0.1, -0.05) is 161 Å². The van der Waals surface area contributed by atoms with E-state index in [0.717, 1.165) is 35.7 Å². The third kappa shape index (κ3) is 21.9. The maximum absolute atomic E-state index is 10.2. The lowest BCUT2D eigenvalue weighted by Gasteiger charge is -2.36. The number of nitrogens with two attached hydrogens (primary N) is 1. The Morgan fingerprint density at radius 2 is 1.15 bits per heavy atom. The van der Waals surface area contributed by atoms with Gasteiger partial charge in [-0.3, -0.25) is 10.1 Å². The van der Waals surface area contributed by atoms with Crippen LogP contribution in [0.25, 0.3) is 0 Å². The summed E-state index contributed by atoms with van der Waals surface area (Å²) in [7, 11) is -1.71. The van der Waals surface area contributed by atoms with Crippen molar-refractivity contribution in [3.63, 3.8) is 0 Å². The summed E-state index contributed by atoms with van der Waals surface area (Å²) in [5, 5.41) is 30.5. The lowest BCUT2D eigenvalue weighted by Crippen LogP contribution is -2.41. The van der Waals surface area contributed by atoms with Crippen LogP contribution in [0.3, 0.4) is 0 Å². The van der Waals surface area contributed by atoms with Gasteiger partial charge in [0.05, 0.1) is 24.7 Å². The molecule has 0 aliphatic carbocycles. The van der Waals surface area contributed by atoms with E-state index >= 15 is 0 Å². The summed E-state index contributed by atoms with van der Waals surface area (Å²) in [6.07, 6.45) is 7.70. The Bertz CT molecular complexity index is 3090. The zero-order valence-corrected chi connectivity index (χ0v) is 52.4. The molecule has 6 N–H and O–H groups in total. The summed E-state index contributed by atoms with van der Waals surface area (Å²) in [4.78, 5) is 56.5. The molecule has 24 nitrogen and oxygen atoms in total. The Hall–Kier alpha value is -4.97. The van der Waals surface area contributed by atoms with E-state index in [4.69, 9.17) is 152 Å². The van der Waals surface area contributed by atoms with Crippen LogP contribution in [0.4, 0.5) is 34.1 Å². The molecule has 0 radical (unpaired) electrons. The predicted molar refractivity (Wildman–Crippen MR) is 323 cm³/mol. The number of aliphatic hydroxyl groups is 1. The van der Waals surface area contributed by atoms with Crippen molar-refractivity contribution < 1.29 is 23.9 Å². The summed E-state index contributed by atoms with van der Waals surface area (Å²) in [5.41, 5.74) is 8.62. The highest BCUT2D eigenvalue weighted by Gasteiger charge is 2.37. The minimum Gasteiger partial charge on any atom is -0.474 e. The number of ether oxygens (including phenoxy) is 2. The van der Waals surface area contributed by atoms with Gasteiger partial charge in [0.1, 0.15) is 79.6 Å². The van der Waals surface area contributed by atoms with Gasteiger partial charge in [0.25, 0.3) is 0 Å². The minimum atomic E-state index is -1.71. The lowest BCUT2D eigenvalue weighted by molar-refractivity contribution is -0.385. The van der Waals surface area contributed by atoms with E-state index in [1.54, 1.807) is 0 Å². The molecule has 36 heteroatoms. The van der Waals surface area contributed by atoms with Gasteiger partial charge in [0, 0.05) is 31.2 Å². The van der Waals surface area contributed by atoms with Gasteiger partial charge in [-0.05, 0) is 35.8 Å². The molecule has 0 amide bonds. The fourth-order valence-corrected chi connectivity index (χ4v) is 9.08.